The van der Waals surface area contributed by atoms with E-state index < -0.39 is 0 Å². The molecule has 1 aromatic carbocycles. The topological polar surface area (TPSA) is 87.2 Å². The van der Waals surface area contributed by atoms with Crippen molar-refractivity contribution in [1.82, 2.24) is 15.1 Å². The molecule has 0 saturated carbocycles. The molecule has 0 radical (unpaired) electrons. The van der Waals surface area contributed by atoms with Gasteiger partial charge in [0.2, 0.25) is 16.2 Å². The fourth-order valence-electron chi connectivity index (χ4n) is 4.13. The third-order valence-electron chi connectivity index (χ3n) is 6.06. The Morgan fingerprint density at radius 2 is 1.67 bits per heavy atom. The fourth-order valence-corrected chi connectivity index (χ4v) is 4.79. The molecule has 0 atom stereocenters. The van der Waals surface area contributed by atoms with E-state index in [1.165, 1.54) is 16.9 Å². The summed E-state index contributed by atoms with van der Waals surface area (Å²) in [6.45, 7) is 15.2. The number of amides is 2. The summed E-state index contributed by atoms with van der Waals surface area (Å²) in [7, 11) is 0. The Morgan fingerprint density at radius 3 is 2.21 bits per heavy atom. The van der Waals surface area contributed by atoms with Crippen LogP contribution in [0.4, 0.5) is 10.3 Å². The molecule has 1 fully saturated rings. The number of hydrogen-bond acceptors (Lipinski definition) is 6. The summed E-state index contributed by atoms with van der Waals surface area (Å²) in [6, 6.07) is 4.35. The zero-order valence-electron chi connectivity index (χ0n) is 20.7. The van der Waals surface area contributed by atoms with Crippen molar-refractivity contribution in [3.8, 4) is 0 Å². The smallest absolute Gasteiger partial charge is 0.258 e. The van der Waals surface area contributed by atoms with Gasteiger partial charge in [-0.15, -0.1) is 10.2 Å². The van der Waals surface area contributed by atoms with Crippen molar-refractivity contribution in [3.63, 3.8) is 0 Å². The van der Waals surface area contributed by atoms with Gasteiger partial charge in [0.05, 0.1) is 0 Å². The van der Waals surface area contributed by atoms with Gasteiger partial charge in [-0.1, -0.05) is 65.0 Å². The molecule has 180 valence electrons. The Labute approximate surface area is 201 Å². The molecule has 2 amide bonds. The van der Waals surface area contributed by atoms with Crippen LogP contribution in [-0.4, -0.2) is 46.5 Å². The molecule has 0 aliphatic carbocycles. The van der Waals surface area contributed by atoms with E-state index in [1.807, 2.05) is 4.90 Å². The van der Waals surface area contributed by atoms with Crippen molar-refractivity contribution in [3.05, 3.63) is 34.4 Å². The summed E-state index contributed by atoms with van der Waals surface area (Å²) in [6.07, 6.45) is 2.48. The fraction of sp³-hybridized carbons (Fsp3) is 0.600. The average Bonchev–Trinajstić information content (AvgIpc) is 3.38. The normalized spacial score (nSPS) is 14.1. The van der Waals surface area contributed by atoms with Crippen LogP contribution in [0.25, 0.3) is 0 Å². The molecule has 0 spiro atoms. The largest absolute Gasteiger partial charge is 0.360 e. The second kappa shape index (κ2) is 11.1. The second-order valence-corrected chi connectivity index (χ2v) is 10.6. The first-order valence-electron chi connectivity index (χ1n) is 12.0. The van der Waals surface area contributed by atoms with E-state index in [2.05, 4.69) is 74.5 Å². The van der Waals surface area contributed by atoms with Crippen molar-refractivity contribution in [1.29, 1.82) is 0 Å². The highest BCUT2D eigenvalue weighted by Crippen LogP contribution is 2.33. The summed E-state index contributed by atoms with van der Waals surface area (Å²) >= 11 is 1.33. The molecule has 0 unspecified atom stereocenters. The lowest BCUT2D eigenvalue weighted by Crippen LogP contribution is -2.26. The summed E-state index contributed by atoms with van der Waals surface area (Å²) < 4.78 is 0. The van der Waals surface area contributed by atoms with Gasteiger partial charge in [-0.05, 0) is 47.3 Å². The van der Waals surface area contributed by atoms with Gasteiger partial charge >= 0.3 is 0 Å². The van der Waals surface area contributed by atoms with Crippen molar-refractivity contribution >= 4 is 33.4 Å². The minimum absolute atomic E-state index is 0.132. The minimum atomic E-state index is -0.132. The number of nitrogens with zero attached hydrogens (tertiary/aromatic N) is 3. The Balaban J connectivity index is 1.67. The monoisotopic (exact) mass is 471 g/mol. The number of likely N-dealkylation sites (tertiary alicyclic amines) is 1. The molecule has 2 heterocycles. The maximum atomic E-state index is 13.4. The lowest BCUT2D eigenvalue weighted by atomic mass is 9.84. The Hall–Kier alpha value is -2.48. The SMILES string of the molecule is CC(C)c1cc(C(C)C)c(C(=O)Nc2nnc(NCCCN3CCCC3=O)s2)c(C(C)C)c1. The Morgan fingerprint density at radius 1 is 1.03 bits per heavy atom. The van der Waals surface area contributed by atoms with Crippen LogP contribution in [0.3, 0.4) is 0 Å². The minimum Gasteiger partial charge on any atom is -0.360 e. The highest BCUT2D eigenvalue weighted by atomic mass is 32.1. The zero-order valence-corrected chi connectivity index (χ0v) is 21.5. The molecular weight excluding hydrogens is 434 g/mol. The van der Waals surface area contributed by atoms with Crippen LogP contribution in [0.1, 0.15) is 106 Å². The van der Waals surface area contributed by atoms with E-state index in [0.717, 1.165) is 42.6 Å². The predicted molar refractivity (Wildman–Crippen MR) is 135 cm³/mol. The Bertz CT molecular complexity index is 954. The first kappa shape index (κ1) is 25.1. The number of rotatable bonds is 10. The number of hydrogen-bond donors (Lipinski definition) is 2. The second-order valence-electron chi connectivity index (χ2n) is 9.67. The third-order valence-corrected chi connectivity index (χ3v) is 6.85. The van der Waals surface area contributed by atoms with Gasteiger partial charge < -0.3 is 10.2 Å². The van der Waals surface area contributed by atoms with Gasteiger partial charge in [0, 0.05) is 31.6 Å². The summed E-state index contributed by atoms with van der Waals surface area (Å²) in [5.41, 5.74) is 4.16. The van der Waals surface area contributed by atoms with E-state index in [-0.39, 0.29) is 23.7 Å². The van der Waals surface area contributed by atoms with Gasteiger partial charge in [-0.3, -0.25) is 14.9 Å². The lowest BCUT2D eigenvalue weighted by Gasteiger charge is -2.22. The van der Waals surface area contributed by atoms with Gasteiger partial charge in [0.1, 0.15) is 0 Å². The van der Waals surface area contributed by atoms with Crippen LogP contribution < -0.4 is 10.6 Å². The number of carbonyl (C=O) groups excluding carboxylic acids is 2. The number of aromatic nitrogens is 2. The van der Waals surface area contributed by atoms with Crippen molar-refractivity contribution in [2.45, 2.75) is 78.6 Å². The van der Waals surface area contributed by atoms with Gasteiger partial charge in [0.25, 0.3) is 5.91 Å². The van der Waals surface area contributed by atoms with E-state index >= 15 is 0 Å². The molecule has 1 saturated heterocycles. The highest BCUT2D eigenvalue weighted by molar-refractivity contribution is 7.19. The molecule has 7 nitrogen and oxygen atoms in total. The number of carbonyl (C=O) groups is 2. The molecule has 1 aromatic heterocycles. The van der Waals surface area contributed by atoms with Gasteiger partial charge in [-0.25, -0.2) is 0 Å². The maximum absolute atomic E-state index is 13.4. The maximum Gasteiger partial charge on any atom is 0.258 e. The standard InChI is InChI=1S/C25H37N5O2S/c1-15(2)18-13-19(16(3)4)22(20(14-18)17(5)6)23(32)27-25-29-28-24(33-25)26-10-8-12-30-11-7-9-21(30)31/h13-17H,7-12H2,1-6H3,(H,26,28)(H,27,29,32). The molecule has 1 aliphatic heterocycles. The quantitative estimate of drug-likeness (QED) is 0.441. The molecular formula is C25H37N5O2S. The van der Waals surface area contributed by atoms with E-state index in [1.54, 1.807) is 0 Å². The van der Waals surface area contributed by atoms with Crippen LogP contribution in [0.15, 0.2) is 12.1 Å². The molecule has 3 rings (SSSR count). The summed E-state index contributed by atoms with van der Waals surface area (Å²) in [5, 5.41) is 15.7. The van der Waals surface area contributed by atoms with Crippen LogP contribution in [0.2, 0.25) is 0 Å². The molecule has 0 bridgehead atoms. The van der Waals surface area contributed by atoms with Crippen molar-refractivity contribution in [2.24, 2.45) is 0 Å². The van der Waals surface area contributed by atoms with E-state index in [4.69, 9.17) is 0 Å². The van der Waals surface area contributed by atoms with Crippen LogP contribution >= 0.6 is 11.3 Å². The highest BCUT2D eigenvalue weighted by Gasteiger charge is 2.23. The number of benzene rings is 1. The third kappa shape index (κ3) is 6.31. The molecule has 2 aromatic rings. The zero-order chi connectivity index (χ0) is 24.1. The number of nitrogens with one attached hydrogen (secondary N) is 2. The van der Waals surface area contributed by atoms with Crippen LogP contribution in [-0.2, 0) is 4.79 Å². The molecule has 33 heavy (non-hydrogen) atoms. The lowest BCUT2D eigenvalue weighted by molar-refractivity contribution is -0.127. The Kier molecular flexibility index (Phi) is 8.46. The van der Waals surface area contributed by atoms with E-state index in [9.17, 15) is 9.59 Å². The van der Waals surface area contributed by atoms with Crippen LogP contribution in [0, 0.1) is 0 Å². The van der Waals surface area contributed by atoms with E-state index in [0.29, 0.717) is 29.1 Å². The van der Waals surface area contributed by atoms with Crippen molar-refractivity contribution < 1.29 is 9.59 Å². The molecule has 2 N–H and O–H groups in total. The molecule has 8 heteroatoms. The van der Waals surface area contributed by atoms with Crippen LogP contribution in [0.5, 0.6) is 0 Å². The summed E-state index contributed by atoms with van der Waals surface area (Å²) in [5.74, 6) is 0.983. The first-order chi connectivity index (χ1) is 15.7. The molecule has 1 aliphatic rings. The predicted octanol–water partition coefficient (Wildman–Crippen LogP) is 5.59. The average molecular weight is 472 g/mol. The summed E-state index contributed by atoms with van der Waals surface area (Å²) in [4.78, 5) is 27.0. The van der Waals surface area contributed by atoms with Crippen molar-refractivity contribution in [2.75, 3.05) is 30.3 Å². The first-order valence-corrected chi connectivity index (χ1v) is 12.8. The van der Waals surface area contributed by atoms with Gasteiger partial charge in [-0.2, -0.15) is 0 Å². The van der Waals surface area contributed by atoms with Gasteiger partial charge in [0.15, 0.2) is 0 Å². The number of anilines is 2.